The molecule has 2 heterocycles. The van der Waals surface area contributed by atoms with Crippen LogP contribution in [-0.2, 0) is 0 Å². The molecule has 1 saturated carbocycles. The van der Waals surface area contributed by atoms with Crippen LogP contribution in [0.25, 0.3) is 5.65 Å². The second-order valence-electron chi connectivity index (χ2n) is 5.24. The number of anilines is 1. The number of pyridine rings is 1. The van der Waals surface area contributed by atoms with Crippen molar-refractivity contribution in [2.45, 2.75) is 19.8 Å². The van der Waals surface area contributed by atoms with Crippen LogP contribution in [0.15, 0.2) is 24.4 Å². The van der Waals surface area contributed by atoms with E-state index in [-0.39, 0.29) is 5.69 Å². The van der Waals surface area contributed by atoms with Gasteiger partial charge in [-0.15, -0.1) is 0 Å². The molecule has 0 saturated heterocycles. The van der Waals surface area contributed by atoms with E-state index in [1.54, 1.807) is 16.7 Å². The number of aromatic nitrogens is 2. The first-order chi connectivity index (χ1) is 9.16. The van der Waals surface area contributed by atoms with Gasteiger partial charge in [-0.2, -0.15) is 0 Å². The lowest BCUT2D eigenvalue weighted by Crippen LogP contribution is -2.15. The molecule has 5 nitrogen and oxygen atoms in total. The monoisotopic (exact) mass is 259 g/mol. The van der Waals surface area contributed by atoms with Crippen LogP contribution < -0.4 is 5.32 Å². The van der Waals surface area contributed by atoms with Crippen molar-refractivity contribution in [2.75, 3.05) is 11.9 Å². The summed E-state index contributed by atoms with van der Waals surface area (Å²) in [4.78, 5) is 15.7. The second kappa shape index (κ2) is 4.57. The maximum Gasteiger partial charge on any atom is 0.356 e. The van der Waals surface area contributed by atoms with Crippen LogP contribution in [-0.4, -0.2) is 27.0 Å². The number of nitrogens with one attached hydrogen (secondary N) is 1. The number of nitrogens with zero attached hydrogens (tertiary/aromatic N) is 2. The van der Waals surface area contributed by atoms with Crippen LogP contribution in [0.5, 0.6) is 0 Å². The summed E-state index contributed by atoms with van der Waals surface area (Å²) in [6.45, 7) is 2.97. The van der Waals surface area contributed by atoms with Gasteiger partial charge in [0.25, 0.3) is 0 Å². The first-order valence-electron chi connectivity index (χ1n) is 6.61. The molecule has 19 heavy (non-hydrogen) atoms. The predicted octanol–water partition coefficient (Wildman–Crippen LogP) is 2.49. The average Bonchev–Trinajstić information content (AvgIpc) is 3.16. The standard InChI is InChI=1S/C14H17N3O2/c1-9(10-5-6-10)8-15-13-12(14(18)19)17-7-3-2-4-11(17)16-13/h2-4,7,9-10,15H,5-6,8H2,1H3,(H,18,19). The van der Waals surface area contributed by atoms with Crippen molar-refractivity contribution in [1.82, 2.24) is 9.38 Å². The molecule has 1 aliphatic carbocycles. The zero-order chi connectivity index (χ0) is 13.4. The number of hydrogen-bond donors (Lipinski definition) is 2. The first-order valence-corrected chi connectivity index (χ1v) is 6.61. The molecule has 1 aliphatic rings. The maximum atomic E-state index is 11.4. The minimum absolute atomic E-state index is 0.207. The third-order valence-corrected chi connectivity index (χ3v) is 3.75. The third kappa shape index (κ3) is 2.28. The Morgan fingerprint density at radius 2 is 2.37 bits per heavy atom. The fraction of sp³-hybridized carbons (Fsp3) is 0.429. The zero-order valence-electron chi connectivity index (χ0n) is 10.8. The Bertz CT molecular complexity index is 616. The van der Waals surface area contributed by atoms with Gasteiger partial charge in [0, 0.05) is 12.7 Å². The Hall–Kier alpha value is -2.04. The molecule has 1 fully saturated rings. The predicted molar refractivity (Wildman–Crippen MR) is 72.5 cm³/mol. The molecule has 0 radical (unpaired) electrons. The quantitative estimate of drug-likeness (QED) is 0.865. The van der Waals surface area contributed by atoms with E-state index in [9.17, 15) is 9.90 Å². The fourth-order valence-electron chi connectivity index (χ4n) is 2.41. The van der Waals surface area contributed by atoms with Crippen LogP contribution in [0.4, 0.5) is 5.82 Å². The van der Waals surface area contributed by atoms with E-state index in [0.717, 1.165) is 12.5 Å². The molecular weight excluding hydrogens is 242 g/mol. The highest BCUT2D eigenvalue weighted by molar-refractivity contribution is 5.92. The van der Waals surface area contributed by atoms with Crippen molar-refractivity contribution in [2.24, 2.45) is 11.8 Å². The molecule has 3 rings (SSSR count). The molecule has 1 unspecified atom stereocenters. The van der Waals surface area contributed by atoms with E-state index in [1.807, 2.05) is 12.1 Å². The number of fused-ring (bicyclic) bond motifs is 1. The smallest absolute Gasteiger partial charge is 0.356 e. The summed E-state index contributed by atoms with van der Waals surface area (Å²) < 4.78 is 1.60. The molecule has 1 atom stereocenters. The lowest BCUT2D eigenvalue weighted by molar-refractivity contribution is 0.0690. The second-order valence-corrected chi connectivity index (χ2v) is 5.24. The maximum absolute atomic E-state index is 11.4. The topological polar surface area (TPSA) is 66.6 Å². The molecule has 100 valence electrons. The van der Waals surface area contributed by atoms with Gasteiger partial charge in [0.05, 0.1) is 0 Å². The van der Waals surface area contributed by atoms with E-state index < -0.39 is 5.97 Å². The Morgan fingerprint density at radius 3 is 3.05 bits per heavy atom. The fourth-order valence-corrected chi connectivity index (χ4v) is 2.41. The molecule has 0 aromatic carbocycles. The summed E-state index contributed by atoms with van der Waals surface area (Å²) >= 11 is 0. The van der Waals surface area contributed by atoms with Gasteiger partial charge in [-0.1, -0.05) is 13.0 Å². The molecular formula is C14H17N3O2. The van der Waals surface area contributed by atoms with Gasteiger partial charge in [0.2, 0.25) is 0 Å². The highest BCUT2D eigenvalue weighted by Gasteiger charge is 2.28. The molecule has 2 aromatic heterocycles. The van der Waals surface area contributed by atoms with Crippen LogP contribution in [0, 0.1) is 11.8 Å². The molecule has 0 amide bonds. The number of rotatable bonds is 5. The number of hydrogen-bond acceptors (Lipinski definition) is 3. The van der Waals surface area contributed by atoms with Gasteiger partial charge in [0.15, 0.2) is 11.5 Å². The highest BCUT2D eigenvalue weighted by atomic mass is 16.4. The number of aromatic carboxylic acids is 1. The number of carboxylic acid groups (broad SMARTS) is 1. The largest absolute Gasteiger partial charge is 0.476 e. The van der Waals surface area contributed by atoms with Crippen molar-refractivity contribution < 1.29 is 9.90 Å². The molecule has 0 spiro atoms. The first kappa shape index (κ1) is 12.0. The van der Waals surface area contributed by atoms with E-state index in [2.05, 4.69) is 17.2 Å². The molecule has 0 aliphatic heterocycles. The number of imidazole rings is 1. The van der Waals surface area contributed by atoms with Gasteiger partial charge in [-0.05, 0) is 36.8 Å². The Morgan fingerprint density at radius 1 is 1.58 bits per heavy atom. The van der Waals surface area contributed by atoms with Gasteiger partial charge in [-0.25, -0.2) is 9.78 Å². The molecule has 2 aromatic rings. The van der Waals surface area contributed by atoms with Crippen molar-refractivity contribution in [1.29, 1.82) is 0 Å². The van der Waals surface area contributed by atoms with Crippen molar-refractivity contribution in [3.8, 4) is 0 Å². The minimum Gasteiger partial charge on any atom is -0.476 e. The average molecular weight is 259 g/mol. The van der Waals surface area contributed by atoms with Gasteiger partial charge in [0.1, 0.15) is 5.65 Å². The Labute approximate surface area is 111 Å². The summed E-state index contributed by atoms with van der Waals surface area (Å²) in [5.41, 5.74) is 0.861. The van der Waals surface area contributed by atoms with Crippen molar-refractivity contribution >= 4 is 17.4 Å². The lowest BCUT2D eigenvalue weighted by atomic mass is 10.1. The SMILES string of the molecule is CC(CNc1nc2ccccn2c1C(=O)O)C1CC1. The summed E-state index contributed by atoms with van der Waals surface area (Å²) in [6.07, 6.45) is 4.31. The third-order valence-electron chi connectivity index (χ3n) is 3.75. The van der Waals surface area contributed by atoms with Gasteiger partial charge >= 0.3 is 5.97 Å². The van der Waals surface area contributed by atoms with Crippen LogP contribution >= 0.6 is 0 Å². The van der Waals surface area contributed by atoms with Gasteiger partial charge < -0.3 is 10.4 Å². The minimum atomic E-state index is -0.958. The Balaban J connectivity index is 1.88. The molecule has 5 heteroatoms. The zero-order valence-corrected chi connectivity index (χ0v) is 10.8. The lowest BCUT2D eigenvalue weighted by Gasteiger charge is -2.11. The van der Waals surface area contributed by atoms with Gasteiger partial charge in [-0.3, -0.25) is 4.40 Å². The number of carboxylic acids is 1. The van der Waals surface area contributed by atoms with Crippen molar-refractivity contribution in [3.63, 3.8) is 0 Å². The van der Waals surface area contributed by atoms with E-state index in [1.165, 1.54) is 12.8 Å². The van der Waals surface area contributed by atoms with E-state index >= 15 is 0 Å². The normalized spacial score (nSPS) is 16.5. The summed E-state index contributed by atoms with van der Waals surface area (Å²) in [5, 5.41) is 12.5. The summed E-state index contributed by atoms with van der Waals surface area (Å²) in [5.74, 6) is 0.857. The number of carbonyl (C=O) groups is 1. The van der Waals surface area contributed by atoms with Crippen molar-refractivity contribution in [3.05, 3.63) is 30.1 Å². The Kier molecular flexibility index (Phi) is 2.89. The van der Waals surface area contributed by atoms with Crippen LogP contribution in [0.1, 0.15) is 30.3 Å². The molecule has 0 bridgehead atoms. The summed E-state index contributed by atoms with van der Waals surface area (Å²) in [6, 6.07) is 5.46. The molecule has 2 N–H and O–H groups in total. The van der Waals surface area contributed by atoms with E-state index in [0.29, 0.717) is 17.4 Å². The van der Waals surface area contributed by atoms with Crippen LogP contribution in [0.3, 0.4) is 0 Å². The summed E-state index contributed by atoms with van der Waals surface area (Å²) in [7, 11) is 0. The van der Waals surface area contributed by atoms with E-state index in [4.69, 9.17) is 0 Å². The van der Waals surface area contributed by atoms with Crippen LogP contribution in [0.2, 0.25) is 0 Å². The highest BCUT2D eigenvalue weighted by Crippen LogP contribution is 2.36.